The van der Waals surface area contributed by atoms with Crippen LogP contribution in [0.3, 0.4) is 0 Å². The maximum atomic E-state index is 12.3. The Hall–Kier alpha value is -1.58. The predicted molar refractivity (Wildman–Crippen MR) is 102 cm³/mol. The number of nitrogens with one attached hydrogen (secondary N) is 1. The molecule has 2 atom stereocenters. The molecule has 4 aliphatic rings. The first-order valence-electron chi connectivity index (χ1n) is 10.3. The number of hydrogen-bond donors (Lipinski definition) is 1. The lowest BCUT2D eigenvalue weighted by Gasteiger charge is -2.39. The van der Waals surface area contributed by atoms with Crippen molar-refractivity contribution in [2.45, 2.75) is 57.1 Å². The van der Waals surface area contributed by atoms with E-state index in [9.17, 15) is 4.79 Å². The second-order valence-corrected chi connectivity index (χ2v) is 8.89. The fourth-order valence-corrected chi connectivity index (χ4v) is 4.09. The van der Waals surface area contributed by atoms with Crippen molar-refractivity contribution in [2.75, 3.05) is 52.5 Å². The zero-order valence-electron chi connectivity index (χ0n) is 17.1. The van der Waals surface area contributed by atoms with Gasteiger partial charge in [0.15, 0.2) is 11.7 Å². The minimum atomic E-state index is -0.474. The van der Waals surface area contributed by atoms with E-state index >= 15 is 0 Å². The Morgan fingerprint density at radius 3 is 2.86 bits per heavy atom. The van der Waals surface area contributed by atoms with Crippen molar-refractivity contribution in [3.63, 3.8) is 0 Å². The number of carbonyl (C=O) groups is 1. The van der Waals surface area contributed by atoms with Crippen molar-refractivity contribution >= 4 is 12.1 Å². The summed E-state index contributed by atoms with van der Waals surface area (Å²) in [4.78, 5) is 21.0. The Bertz CT molecular complexity index is 614. The molecule has 4 heterocycles. The lowest BCUT2D eigenvalue weighted by molar-refractivity contribution is -0.210. The van der Waals surface area contributed by atoms with E-state index in [0.29, 0.717) is 46.0 Å². The van der Waals surface area contributed by atoms with E-state index in [1.807, 2.05) is 20.8 Å². The van der Waals surface area contributed by atoms with E-state index in [-0.39, 0.29) is 18.2 Å². The number of fused-ring (bicyclic) bond motifs is 1. The number of amides is 1. The molecule has 0 aliphatic carbocycles. The van der Waals surface area contributed by atoms with Crippen molar-refractivity contribution < 1.29 is 23.7 Å². The molecule has 1 N–H and O–H groups in total. The summed E-state index contributed by atoms with van der Waals surface area (Å²) in [5, 5.41) is 3.43. The first-order valence-corrected chi connectivity index (χ1v) is 10.3. The molecule has 9 heteroatoms. The maximum absolute atomic E-state index is 12.3. The lowest BCUT2D eigenvalue weighted by atomic mass is 10.1. The minimum absolute atomic E-state index is 0.0166. The molecular formula is C19H32N4O5. The summed E-state index contributed by atoms with van der Waals surface area (Å²) in [5.41, 5.74) is -0.474. The summed E-state index contributed by atoms with van der Waals surface area (Å²) < 4.78 is 23.0. The van der Waals surface area contributed by atoms with E-state index in [1.54, 1.807) is 4.90 Å². The molecule has 2 unspecified atom stereocenters. The van der Waals surface area contributed by atoms with Crippen LogP contribution in [0.25, 0.3) is 0 Å². The molecule has 0 saturated carbocycles. The standard InChI is InChI=1S/C19H32N4O5/c1-18(2,3)28-17(24)22-6-7-23-14(12-22)10-20-16(23)21-11-15-13-26-19(27-15)4-8-25-9-5-19/h14-15H,4-13H2,1-3H3,(H,20,21). The van der Waals surface area contributed by atoms with E-state index in [1.165, 1.54) is 0 Å². The van der Waals surface area contributed by atoms with E-state index in [4.69, 9.17) is 18.9 Å². The van der Waals surface area contributed by atoms with Gasteiger partial charge in [-0.05, 0) is 20.8 Å². The van der Waals surface area contributed by atoms with Crippen LogP contribution in [-0.2, 0) is 18.9 Å². The average molecular weight is 396 g/mol. The largest absolute Gasteiger partial charge is 0.444 e. The average Bonchev–Trinajstić information content (AvgIpc) is 3.23. The van der Waals surface area contributed by atoms with Crippen molar-refractivity contribution in [2.24, 2.45) is 4.99 Å². The smallest absolute Gasteiger partial charge is 0.410 e. The molecule has 28 heavy (non-hydrogen) atoms. The van der Waals surface area contributed by atoms with Crippen LogP contribution in [0.15, 0.2) is 4.99 Å². The first-order chi connectivity index (χ1) is 13.3. The molecule has 1 spiro atoms. The van der Waals surface area contributed by atoms with E-state index < -0.39 is 11.4 Å². The Morgan fingerprint density at radius 1 is 1.32 bits per heavy atom. The fraction of sp³-hybridized carbons (Fsp3) is 0.895. The third-order valence-electron chi connectivity index (χ3n) is 5.51. The number of ether oxygens (including phenoxy) is 4. The third-order valence-corrected chi connectivity index (χ3v) is 5.51. The zero-order valence-corrected chi connectivity index (χ0v) is 17.1. The second kappa shape index (κ2) is 7.68. The van der Waals surface area contributed by atoms with Crippen LogP contribution in [0.2, 0.25) is 0 Å². The Morgan fingerprint density at radius 2 is 2.11 bits per heavy atom. The van der Waals surface area contributed by atoms with Crippen LogP contribution in [0.5, 0.6) is 0 Å². The predicted octanol–water partition coefficient (Wildman–Crippen LogP) is 0.789. The summed E-state index contributed by atoms with van der Waals surface area (Å²) in [5.74, 6) is 0.439. The Labute approximate surface area is 166 Å². The van der Waals surface area contributed by atoms with Crippen LogP contribution in [0.4, 0.5) is 4.79 Å². The molecule has 4 rings (SSSR count). The van der Waals surface area contributed by atoms with Crippen LogP contribution >= 0.6 is 0 Å². The van der Waals surface area contributed by atoms with Gasteiger partial charge in [-0.1, -0.05) is 0 Å². The molecule has 0 radical (unpaired) electrons. The van der Waals surface area contributed by atoms with Gasteiger partial charge in [-0.25, -0.2) is 4.79 Å². The number of nitrogens with zero attached hydrogens (tertiary/aromatic N) is 3. The van der Waals surface area contributed by atoms with Gasteiger partial charge in [0.2, 0.25) is 0 Å². The SMILES string of the molecule is CC(C)(C)OC(=O)N1CCN2C(NCC3COC4(CCOCC4)O3)=NCC2C1. The van der Waals surface area contributed by atoms with Gasteiger partial charge < -0.3 is 34.1 Å². The summed E-state index contributed by atoms with van der Waals surface area (Å²) in [6.45, 7) is 11.0. The number of guanidine groups is 1. The topological polar surface area (TPSA) is 84.9 Å². The number of piperazine rings is 1. The first kappa shape index (κ1) is 19.7. The van der Waals surface area contributed by atoms with Crippen LogP contribution in [0, 0.1) is 0 Å². The van der Waals surface area contributed by atoms with Crippen LogP contribution in [-0.4, -0.2) is 97.9 Å². The molecular weight excluding hydrogens is 364 g/mol. The van der Waals surface area contributed by atoms with Crippen molar-refractivity contribution in [1.29, 1.82) is 0 Å². The molecule has 0 aromatic heterocycles. The van der Waals surface area contributed by atoms with Crippen molar-refractivity contribution in [3.05, 3.63) is 0 Å². The molecule has 0 aromatic rings. The monoisotopic (exact) mass is 396 g/mol. The summed E-state index contributed by atoms with van der Waals surface area (Å²) in [6, 6.07) is 0.200. The fourth-order valence-electron chi connectivity index (χ4n) is 4.09. The van der Waals surface area contributed by atoms with Crippen LogP contribution < -0.4 is 5.32 Å². The molecule has 3 fully saturated rings. The summed E-state index contributed by atoms with van der Waals surface area (Å²) in [7, 11) is 0. The minimum Gasteiger partial charge on any atom is -0.444 e. The highest BCUT2D eigenvalue weighted by molar-refractivity contribution is 5.82. The Kier molecular flexibility index (Phi) is 5.41. The molecule has 0 aromatic carbocycles. The van der Waals surface area contributed by atoms with Gasteiger partial charge in [0.25, 0.3) is 0 Å². The van der Waals surface area contributed by atoms with Gasteiger partial charge in [-0.2, -0.15) is 0 Å². The van der Waals surface area contributed by atoms with Gasteiger partial charge in [0, 0.05) is 39.0 Å². The number of aliphatic imine (C=N–C) groups is 1. The number of carbonyl (C=O) groups excluding carboxylic acids is 1. The van der Waals surface area contributed by atoms with Gasteiger partial charge in [0.05, 0.1) is 32.4 Å². The number of rotatable bonds is 2. The maximum Gasteiger partial charge on any atom is 0.410 e. The van der Waals surface area contributed by atoms with Crippen molar-refractivity contribution in [3.8, 4) is 0 Å². The third kappa shape index (κ3) is 4.36. The summed E-state index contributed by atoms with van der Waals surface area (Å²) in [6.07, 6.45) is 1.35. The Balaban J connectivity index is 1.24. The lowest BCUT2D eigenvalue weighted by Crippen LogP contribution is -2.58. The zero-order chi connectivity index (χ0) is 19.8. The molecule has 3 saturated heterocycles. The molecule has 4 aliphatic heterocycles. The van der Waals surface area contributed by atoms with E-state index in [0.717, 1.165) is 25.3 Å². The molecule has 0 bridgehead atoms. The highest BCUT2D eigenvalue weighted by Crippen LogP contribution is 2.33. The normalized spacial score (nSPS) is 29.6. The molecule has 9 nitrogen and oxygen atoms in total. The highest BCUT2D eigenvalue weighted by atomic mass is 16.7. The van der Waals surface area contributed by atoms with Gasteiger partial charge in [-0.15, -0.1) is 0 Å². The molecule has 158 valence electrons. The van der Waals surface area contributed by atoms with Gasteiger partial charge in [0.1, 0.15) is 11.7 Å². The van der Waals surface area contributed by atoms with Gasteiger partial charge in [-0.3, -0.25) is 4.99 Å². The molecule has 1 amide bonds. The van der Waals surface area contributed by atoms with E-state index in [2.05, 4.69) is 15.2 Å². The quantitative estimate of drug-likeness (QED) is 0.739. The van der Waals surface area contributed by atoms with Crippen LogP contribution in [0.1, 0.15) is 33.6 Å². The van der Waals surface area contributed by atoms with Crippen molar-refractivity contribution in [1.82, 2.24) is 15.1 Å². The van der Waals surface area contributed by atoms with Gasteiger partial charge >= 0.3 is 6.09 Å². The number of hydrogen-bond acceptors (Lipinski definition) is 8. The second-order valence-electron chi connectivity index (χ2n) is 8.89. The highest BCUT2D eigenvalue weighted by Gasteiger charge is 2.43. The summed E-state index contributed by atoms with van der Waals surface area (Å²) >= 11 is 0.